The molecule has 0 heterocycles. The molecule has 4 unspecified atom stereocenters. The lowest BCUT2D eigenvalue weighted by molar-refractivity contribution is -0.249. The third kappa shape index (κ3) is 4.10. The zero-order valence-corrected chi connectivity index (χ0v) is 27.1. The monoisotopic (exact) mass is 554 g/mol. The Hall–Kier alpha value is -1.32. The van der Waals surface area contributed by atoms with Crippen LogP contribution in [0.3, 0.4) is 0 Å². The molecule has 5 aliphatic carbocycles. The van der Waals surface area contributed by atoms with Crippen LogP contribution in [-0.4, -0.2) is 23.1 Å². The molecule has 0 aromatic rings. The van der Waals surface area contributed by atoms with Crippen LogP contribution < -0.4 is 0 Å². The van der Waals surface area contributed by atoms with Crippen molar-refractivity contribution in [3.05, 3.63) is 12.2 Å². The number of carbonyl (C=O) groups excluding carboxylic acids is 1. The second-order valence-electron chi connectivity index (χ2n) is 17.5. The van der Waals surface area contributed by atoms with Gasteiger partial charge in [-0.05, 0) is 136 Å². The molecule has 4 heteroatoms. The fourth-order valence-corrected chi connectivity index (χ4v) is 12.3. The molecule has 5 fully saturated rings. The average Bonchev–Trinajstić information content (AvgIpc) is 3.19. The van der Waals surface area contributed by atoms with Crippen LogP contribution >= 0.6 is 0 Å². The van der Waals surface area contributed by atoms with Crippen molar-refractivity contribution in [1.29, 1.82) is 0 Å². The summed E-state index contributed by atoms with van der Waals surface area (Å²) in [6.07, 6.45) is 12.3. The van der Waals surface area contributed by atoms with Crippen LogP contribution in [0.15, 0.2) is 12.2 Å². The van der Waals surface area contributed by atoms with Gasteiger partial charge in [0, 0.05) is 5.41 Å². The first-order chi connectivity index (χ1) is 18.3. The molecule has 226 valence electrons. The van der Waals surface area contributed by atoms with Crippen molar-refractivity contribution in [3.63, 3.8) is 0 Å². The standard InChI is InChI=1S/C36H58O4/c1-22(2)23-13-16-33(7)19-20-35(9)24(29(23)33)11-12-26-34(8)17-15-27(40-28(37)21-31(3,4)30(38)39)32(5,6)25(34)14-18-36(26,35)10/h23-27,29H,1,11-21H2,2-10H3,(H,38,39)/t23?,24-,25?,26?,27+,29?,33-,34+,35-,36-/m1/s1. The molecule has 0 aromatic carbocycles. The predicted molar refractivity (Wildman–Crippen MR) is 161 cm³/mol. The van der Waals surface area contributed by atoms with Gasteiger partial charge in [-0.15, -0.1) is 0 Å². The Morgan fingerprint density at radius 1 is 0.850 bits per heavy atom. The lowest BCUT2D eigenvalue weighted by Gasteiger charge is -2.73. The Labute approximate surface area is 244 Å². The molecule has 40 heavy (non-hydrogen) atoms. The number of carboxylic acid groups (broad SMARTS) is 1. The van der Waals surface area contributed by atoms with Gasteiger partial charge in [0.2, 0.25) is 0 Å². The minimum Gasteiger partial charge on any atom is -0.481 e. The minimum absolute atomic E-state index is 0.0808. The summed E-state index contributed by atoms with van der Waals surface area (Å²) in [5.74, 6) is 2.14. The Morgan fingerprint density at radius 3 is 2.15 bits per heavy atom. The summed E-state index contributed by atoms with van der Waals surface area (Å²) in [5, 5.41) is 9.52. The van der Waals surface area contributed by atoms with Crippen LogP contribution in [0.2, 0.25) is 0 Å². The SMILES string of the molecule is C=C(C)C1CC[C@]2(C)CC[C@]3(C)[C@H](CCC4[C@@]5(C)CC[C@H](OC(=O)CC(C)(C)C(=O)O)C(C)(C)C5CC[C@]43C)C12. The summed E-state index contributed by atoms with van der Waals surface area (Å²) in [7, 11) is 0. The van der Waals surface area contributed by atoms with E-state index in [-0.39, 0.29) is 29.3 Å². The second kappa shape index (κ2) is 9.34. The van der Waals surface area contributed by atoms with Gasteiger partial charge in [-0.2, -0.15) is 0 Å². The molecule has 5 saturated carbocycles. The highest BCUT2D eigenvalue weighted by molar-refractivity contribution is 5.81. The molecule has 10 atom stereocenters. The molecule has 0 radical (unpaired) electrons. The van der Waals surface area contributed by atoms with E-state index in [0.717, 1.165) is 24.7 Å². The smallest absolute Gasteiger partial charge is 0.309 e. The van der Waals surface area contributed by atoms with Gasteiger partial charge in [-0.3, -0.25) is 9.59 Å². The zero-order chi connectivity index (χ0) is 29.7. The van der Waals surface area contributed by atoms with Gasteiger partial charge >= 0.3 is 11.9 Å². The maximum absolute atomic E-state index is 12.9. The number of carboxylic acids is 1. The zero-order valence-electron chi connectivity index (χ0n) is 27.1. The number of rotatable bonds is 5. The lowest BCUT2D eigenvalue weighted by Crippen LogP contribution is -2.66. The van der Waals surface area contributed by atoms with Crippen molar-refractivity contribution >= 4 is 11.9 Å². The Kier molecular flexibility index (Phi) is 7.04. The largest absolute Gasteiger partial charge is 0.481 e. The highest BCUT2D eigenvalue weighted by Crippen LogP contribution is 2.77. The van der Waals surface area contributed by atoms with Gasteiger partial charge in [0.05, 0.1) is 11.8 Å². The van der Waals surface area contributed by atoms with Crippen molar-refractivity contribution < 1.29 is 19.4 Å². The molecule has 0 spiro atoms. The molecule has 0 aliphatic heterocycles. The van der Waals surface area contributed by atoms with E-state index in [4.69, 9.17) is 4.74 Å². The molecular weight excluding hydrogens is 496 g/mol. The minimum atomic E-state index is -1.11. The highest BCUT2D eigenvalue weighted by atomic mass is 16.5. The number of ether oxygens (including phenoxy) is 1. The van der Waals surface area contributed by atoms with Gasteiger partial charge in [-0.25, -0.2) is 0 Å². The summed E-state index contributed by atoms with van der Waals surface area (Å²) in [6, 6.07) is 0. The number of hydrogen-bond acceptors (Lipinski definition) is 3. The van der Waals surface area contributed by atoms with Crippen molar-refractivity contribution in [2.24, 2.45) is 62.1 Å². The van der Waals surface area contributed by atoms with Crippen LogP contribution in [-0.2, 0) is 14.3 Å². The van der Waals surface area contributed by atoms with Crippen LogP contribution in [0, 0.1) is 62.1 Å². The van der Waals surface area contributed by atoms with E-state index >= 15 is 0 Å². The summed E-state index contributed by atoms with van der Waals surface area (Å²) < 4.78 is 6.14. The number of aliphatic carboxylic acids is 1. The molecule has 1 N–H and O–H groups in total. The number of carbonyl (C=O) groups is 2. The Morgan fingerprint density at radius 2 is 1.52 bits per heavy atom. The van der Waals surface area contributed by atoms with Crippen molar-refractivity contribution in [1.82, 2.24) is 0 Å². The maximum Gasteiger partial charge on any atom is 0.309 e. The van der Waals surface area contributed by atoms with Crippen molar-refractivity contribution in [2.45, 2.75) is 139 Å². The Bertz CT molecular complexity index is 1070. The molecule has 5 aliphatic rings. The lowest BCUT2D eigenvalue weighted by atomic mass is 9.32. The summed E-state index contributed by atoms with van der Waals surface area (Å²) >= 11 is 0. The van der Waals surface area contributed by atoms with Gasteiger partial charge in [0.15, 0.2) is 0 Å². The fourth-order valence-electron chi connectivity index (χ4n) is 12.3. The van der Waals surface area contributed by atoms with Crippen LogP contribution in [0.4, 0.5) is 0 Å². The molecule has 0 bridgehead atoms. The van der Waals surface area contributed by atoms with E-state index < -0.39 is 11.4 Å². The fraction of sp³-hybridized carbons (Fsp3) is 0.889. The van der Waals surface area contributed by atoms with E-state index in [1.807, 2.05) is 0 Å². The van der Waals surface area contributed by atoms with Crippen LogP contribution in [0.1, 0.15) is 133 Å². The topological polar surface area (TPSA) is 63.6 Å². The number of fused-ring (bicyclic) bond motifs is 7. The Balaban J connectivity index is 1.40. The number of hydrogen-bond donors (Lipinski definition) is 1. The first kappa shape index (κ1) is 30.1. The number of allylic oxidation sites excluding steroid dienone is 1. The molecule has 0 aromatic heterocycles. The predicted octanol–water partition coefficient (Wildman–Crippen LogP) is 9.08. The van der Waals surface area contributed by atoms with Crippen LogP contribution in [0.25, 0.3) is 0 Å². The third-order valence-corrected chi connectivity index (χ3v) is 14.9. The van der Waals surface area contributed by atoms with E-state index in [1.54, 1.807) is 13.8 Å². The third-order valence-electron chi connectivity index (χ3n) is 14.9. The molecular formula is C36H58O4. The second-order valence-corrected chi connectivity index (χ2v) is 17.5. The van der Waals surface area contributed by atoms with Crippen LogP contribution in [0.5, 0.6) is 0 Å². The maximum atomic E-state index is 12.9. The van der Waals surface area contributed by atoms with Gasteiger partial charge in [0.1, 0.15) is 6.10 Å². The van der Waals surface area contributed by atoms with E-state index in [9.17, 15) is 14.7 Å². The average molecular weight is 555 g/mol. The quantitative estimate of drug-likeness (QED) is 0.272. The summed E-state index contributed by atoms with van der Waals surface area (Å²) in [4.78, 5) is 24.6. The molecule has 0 saturated heterocycles. The molecule has 0 amide bonds. The van der Waals surface area contributed by atoms with Crippen molar-refractivity contribution in [2.75, 3.05) is 0 Å². The van der Waals surface area contributed by atoms with Gasteiger partial charge in [-0.1, -0.05) is 53.7 Å². The molecule has 5 rings (SSSR count). The highest BCUT2D eigenvalue weighted by Gasteiger charge is 2.70. The number of esters is 1. The normalized spacial score (nSPS) is 47.7. The van der Waals surface area contributed by atoms with Gasteiger partial charge < -0.3 is 9.84 Å². The van der Waals surface area contributed by atoms with E-state index in [2.05, 4.69) is 55.0 Å². The first-order valence-electron chi connectivity index (χ1n) is 16.4. The molecule has 4 nitrogen and oxygen atoms in total. The van der Waals surface area contributed by atoms with Crippen molar-refractivity contribution in [3.8, 4) is 0 Å². The first-order valence-corrected chi connectivity index (χ1v) is 16.4. The summed E-state index contributed by atoms with van der Waals surface area (Å²) in [5.41, 5.74) is 1.59. The summed E-state index contributed by atoms with van der Waals surface area (Å²) in [6.45, 7) is 25.2. The van der Waals surface area contributed by atoms with E-state index in [0.29, 0.717) is 34.0 Å². The van der Waals surface area contributed by atoms with E-state index in [1.165, 1.54) is 56.9 Å². The van der Waals surface area contributed by atoms with Gasteiger partial charge in [0.25, 0.3) is 0 Å².